The van der Waals surface area contributed by atoms with Crippen molar-refractivity contribution < 1.29 is 9.47 Å². The van der Waals surface area contributed by atoms with E-state index in [0.717, 1.165) is 10.1 Å². The second-order valence-electron chi connectivity index (χ2n) is 5.44. The third-order valence-corrected chi connectivity index (χ3v) is 3.81. The lowest BCUT2D eigenvalue weighted by molar-refractivity contribution is -0.126. The summed E-state index contributed by atoms with van der Waals surface area (Å²) >= 11 is 0. The number of nitrogens with zero attached hydrogens (tertiary/aromatic N) is 3. The number of aryl methyl sites for hydroxylation is 2. The van der Waals surface area contributed by atoms with E-state index < -0.39 is 12.0 Å². The quantitative estimate of drug-likeness (QED) is 0.751. The maximum Gasteiger partial charge on any atom is 0.332 e. The molecule has 2 aromatic heterocycles. The smallest absolute Gasteiger partial charge is 0.332 e. The van der Waals surface area contributed by atoms with Gasteiger partial charge in [-0.05, 0) is 26.3 Å². The summed E-state index contributed by atoms with van der Waals surface area (Å²) in [7, 11) is 3.05. The molecular weight excluding hydrogens is 312 g/mol. The van der Waals surface area contributed by atoms with Crippen LogP contribution in [0.15, 0.2) is 15.8 Å². The molecule has 2 heterocycles. The molecule has 0 aliphatic heterocycles. The largest absolute Gasteiger partial charge is 0.379 e. The number of fused-ring (bicyclic) bond motifs is 1. The Balaban J connectivity index is 2.52. The van der Waals surface area contributed by atoms with E-state index in [1.807, 2.05) is 20.8 Å². The van der Waals surface area contributed by atoms with E-state index in [4.69, 9.17) is 9.47 Å². The fourth-order valence-electron chi connectivity index (χ4n) is 2.57. The molecule has 132 valence electrons. The van der Waals surface area contributed by atoms with Crippen molar-refractivity contribution in [1.82, 2.24) is 14.1 Å². The van der Waals surface area contributed by atoms with E-state index in [2.05, 4.69) is 10.3 Å². The first-order valence-electron chi connectivity index (χ1n) is 7.94. The molecule has 0 atom stereocenters. The average molecular weight is 336 g/mol. The van der Waals surface area contributed by atoms with E-state index in [9.17, 15) is 9.59 Å². The van der Waals surface area contributed by atoms with Gasteiger partial charge in [-0.2, -0.15) is 0 Å². The number of hydrogen-bond acceptors (Lipinski definition) is 6. The SMILES string of the molecule is CCOC(CNc1c(C)cnc2c1c(=O)n(C)c(=O)n2C)OCC. The zero-order valence-electron chi connectivity index (χ0n) is 14.8. The molecule has 2 aromatic rings. The Kier molecular flexibility index (Phi) is 5.74. The predicted octanol–water partition coefficient (Wildman–Crippen LogP) is 0.752. The Labute approximate surface area is 140 Å². The van der Waals surface area contributed by atoms with Crippen LogP contribution >= 0.6 is 0 Å². The summed E-state index contributed by atoms with van der Waals surface area (Å²) in [4.78, 5) is 28.9. The van der Waals surface area contributed by atoms with Gasteiger partial charge in [0.2, 0.25) is 0 Å². The number of pyridine rings is 1. The maximum atomic E-state index is 12.6. The van der Waals surface area contributed by atoms with Gasteiger partial charge < -0.3 is 14.8 Å². The summed E-state index contributed by atoms with van der Waals surface area (Å²) in [5.41, 5.74) is 1.01. The highest BCUT2D eigenvalue weighted by molar-refractivity contribution is 5.89. The molecule has 0 saturated carbocycles. The summed E-state index contributed by atoms with van der Waals surface area (Å²) in [6, 6.07) is 0. The Morgan fingerprint density at radius 3 is 2.38 bits per heavy atom. The molecule has 1 N–H and O–H groups in total. The van der Waals surface area contributed by atoms with Crippen LogP contribution in [-0.4, -0.2) is 40.2 Å². The van der Waals surface area contributed by atoms with E-state index in [1.54, 1.807) is 13.2 Å². The van der Waals surface area contributed by atoms with Crippen molar-refractivity contribution in [3.05, 3.63) is 32.6 Å². The number of ether oxygens (including phenoxy) is 2. The molecular formula is C16H24N4O4. The highest BCUT2D eigenvalue weighted by Crippen LogP contribution is 2.21. The minimum absolute atomic E-state index is 0.348. The molecule has 0 aliphatic carbocycles. The molecule has 8 nitrogen and oxygen atoms in total. The minimum Gasteiger partial charge on any atom is -0.379 e. The van der Waals surface area contributed by atoms with Crippen molar-refractivity contribution in [1.29, 1.82) is 0 Å². The Hall–Kier alpha value is -2.19. The van der Waals surface area contributed by atoms with Gasteiger partial charge >= 0.3 is 5.69 Å². The fraction of sp³-hybridized carbons (Fsp3) is 0.562. The third-order valence-electron chi connectivity index (χ3n) is 3.81. The van der Waals surface area contributed by atoms with Gasteiger partial charge in [0.05, 0.1) is 12.2 Å². The molecule has 2 rings (SSSR count). The summed E-state index contributed by atoms with van der Waals surface area (Å²) < 4.78 is 13.5. The molecule has 0 bridgehead atoms. The van der Waals surface area contributed by atoms with Gasteiger partial charge in [0.1, 0.15) is 5.39 Å². The van der Waals surface area contributed by atoms with E-state index in [1.165, 1.54) is 11.6 Å². The van der Waals surface area contributed by atoms with Gasteiger partial charge in [0.15, 0.2) is 11.9 Å². The Morgan fingerprint density at radius 2 is 1.79 bits per heavy atom. The highest BCUT2D eigenvalue weighted by atomic mass is 16.7. The fourth-order valence-corrected chi connectivity index (χ4v) is 2.57. The lowest BCUT2D eigenvalue weighted by Gasteiger charge is -2.20. The first-order chi connectivity index (χ1) is 11.4. The number of nitrogens with one attached hydrogen (secondary N) is 1. The second-order valence-corrected chi connectivity index (χ2v) is 5.44. The molecule has 0 radical (unpaired) electrons. The van der Waals surface area contributed by atoms with Crippen LogP contribution in [0.3, 0.4) is 0 Å². The maximum absolute atomic E-state index is 12.6. The average Bonchev–Trinajstić information content (AvgIpc) is 2.57. The first-order valence-corrected chi connectivity index (χ1v) is 7.94. The van der Waals surface area contributed by atoms with Crippen LogP contribution in [0.5, 0.6) is 0 Å². The van der Waals surface area contributed by atoms with Gasteiger partial charge in [-0.3, -0.25) is 13.9 Å². The normalized spacial score (nSPS) is 11.4. The number of rotatable bonds is 7. The molecule has 0 saturated heterocycles. The monoisotopic (exact) mass is 336 g/mol. The van der Waals surface area contributed by atoms with Crippen LogP contribution in [0.2, 0.25) is 0 Å². The van der Waals surface area contributed by atoms with Gasteiger partial charge in [0.25, 0.3) is 5.56 Å². The Morgan fingerprint density at radius 1 is 1.17 bits per heavy atom. The number of hydrogen-bond donors (Lipinski definition) is 1. The molecule has 24 heavy (non-hydrogen) atoms. The number of anilines is 1. The lowest BCUT2D eigenvalue weighted by Crippen LogP contribution is -2.38. The van der Waals surface area contributed by atoms with Crippen LogP contribution in [0, 0.1) is 6.92 Å². The molecule has 8 heteroatoms. The molecule has 0 spiro atoms. The highest BCUT2D eigenvalue weighted by Gasteiger charge is 2.17. The summed E-state index contributed by atoms with van der Waals surface area (Å²) in [5, 5.41) is 3.60. The first kappa shape index (κ1) is 18.2. The van der Waals surface area contributed by atoms with Gasteiger partial charge in [-0.25, -0.2) is 9.78 Å². The van der Waals surface area contributed by atoms with E-state index >= 15 is 0 Å². The van der Waals surface area contributed by atoms with Gasteiger partial charge in [-0.1, -0.05) is 0 Å². The van der Waals surface area contributed by atoms with Crippen LogP contribution in [0.25, 0.3) is 11.0 Å². The van der Waals surface area contributed by atoms with Crippen LogP contribution in [0.1, 0.15) is 19.4 Å². The van der Waals surface area contributed by atoms with E-state index in [0.29, 0.717) is 36.5 Å². The molecule has 0 aromatic carbocycles. The molecule has 0 aliphatic rings. The van der Waals surface area contributed by atoms with Crippen LogP contribution in [0.4, 0.5) is 5.69 Å². The topological polar surface area (TPSA) is 87.4 Å². The summed E-state index contributed by atoms with van der Waals surface area (Å²) in [6.45, 7) is 7.08. The van der Waals surface area contributed by atoms with Gasteiger partial charge in [-0.15, -0.1) is 0 Å². The summed E-state index contributed by atoms with van der Waals surface area (Å²) in [6.07, 6.45) is 1.22. The zero-order valence-corrected chi connectivity index (χ0v) is 14.8. The minimum atomic E-state index is -0.418. The van der Waals surface area contributed by atoms with Gasteiger partial charge in [0, 0.05) is 33.5 Å². The molecule has 0 amide bonds. The van der Waals surface area contributed by atoms with Crippen molar-refractivity contribution >= 4 is 16.7 Å². The van der Waals surface area contributed by atoms with Crippen molar-refractivity contribution in [2.24, 2.45) is 14.1 Å². The third kappa shape index (κ3) is 3.34. The van der Waals surface area contributed by atoms with Crippen LogP contribution < -0.4 is 16.6 Å². The second kappa shape index (κ2) is 7.59. The van der Waals surface area contributed by atoms with Crippen molar-refractivity contribution in [3.8, 4) is 0 Å². The standard InChI is InChI=1S/C16H24N4O4/c1-6-23-11(24-7-2)9-17-13-10(3)8-18-14-12(13)15(21)20(5)16(22)19(14)4/h8,11H,6-7,9H2,1-5H3,(H,17,18). The zero-order chi connectivity index (χ0) is 17.9. The van der Waals surface area contributed by atoms with E-state index in [-0.39, 0.29) is 5.56 Å². The molecule has 0 unspecified atom stereocenters. The summed E-state index contributed by atoms with van der Waals surface area (Å²) in [5.74, 6) is 0. The lowest BCUT2D eigenvalue weighted by atomic mass is 10.2. The van der Waals surface area contributed by atoms with Crippen LogP contribution in [-0.2, 0) is 23.6 Å². The Bertz CT molecular complexity index is 835. The van der Waals surface area contributed by atoms with Crippen molar-refractivity contribution in [2.75, 3.05) is 25.1 Å². The predicted molar refractivity (Wildman–Crippen MR) is 92.5 cm³/mol. The number of aromatic nitrogens is 3. The van der Waals surface area contributed by atoms with Crippen molar-refractivity contribution in [3.63, 3.8) is 0 Å². The van der Waals surface area contributed by atoms with Crippen molar-refractivity contribution in [2.45, 2.75) is 27.1 Å². The molecule has 0 fully saturated rings.